The Bertz CT molecular complexity index is 467. The van der Waals surface area contributed by atoms with Crippen LogP contribution in [0.4, 0.5) is 21.5 Å². The Hall–Kier alpha value is -1.20. The number of aliphatic hydroxyl groups excluding tert-OH is 1. The van der Waals surface area contributed by atoms with Gasteiger partial charge in [0.25, 0.3) is 0 Å². The SMILES string of the molecule is CC(O)C1CCN(c2c(N)cc(N)c(Cl)c2F)C1. The van der Waals surface area contributed by atoms with Crippen LogP contribution in [-0.2, 0) is 0 Å². The molecule has 1 aliphatic heterocycles. The van der Waals surface area contributed by atoms with Gasteiger partial charge in [0.1, 0.15) is 5.02 Å². The van der Waals surface area contributed by atoms with Gasteiger partial charge >= 0.3 is 0 Å². The molecule has 5 N–H and O–H groups in total. The predicted molar refractivity (Wildman–Crippen MR) is 72.2 cm³/mol. The smallest absolute Gasteiger partial charge is 0.169 e. The minimum Gasteiger partial charge on any atom is -0.397 e. The lowest BCUT2D eigenvalue weighted by Crippen LogP contribution is -2.25. The lowest BCUT2D eigenvalue weighted by atomic mass is 10.0. The molecule has 0 amide bonds. The number of benzene rings is 1. The number of nitrogens with zero attached hydrogens (tertiary/aromatic N) is 1. The molecule has 1 saturated heterocycles. The van der Waals surface area contributed by atoms with Crippen LogP contribution < -0.4 is 16.4 Å². The first-order valence-corrected chi connectivity index (χ1v) is 6.25. The van der Waals surface area contributed by atoms with E-state index in [1.54, 1.807) is 6.92 Å². The zero-order valence-corrected chi connectivity index (χ0v) is 10.9. The fourth-order valence-corrected chi connectivity index (χ4v) is 2.51. The highest BCUT2D eigenvalue weighted by atomic mass is 35.5. The first-order valence-electron chi connectivity index (χ1n) is 5.87. The van der Waals surface area contributed by atoms with E-state index >= 15 is 0 Å². The summed E-state index contributed by atoms with van der Waals surface area (Å²) in [5.41, 5.74) is 12.1. The third-order valence-corrected chi connectivity index (χ3v) is 3.85. The normalized spacial score (nSPS) is 21.3. The van der Waals surface area contributed by atoms with Crippen molar-refractivity contribution in [3.05, 3.63) is 16.9 Å². The van der Waals surface area contributed by atoms with Crippen molar-refractivity contribution >= 4 is 28.7 Å². The average Bonchev–Trinajstić information content (AvgIpc) is 2.75. The van der Waals surface area contributed by atoms with Gasteiger partial charge in [-0.3, -0.25) is 0 Å². The lowest BCUT2D eigenvalue weighted by molar-refractivity contribution is 0.136. The number of hydrogen-bond donors (Lipinski definition) is 3. The summed E-state index contributed by atoms with van der Waals surface area (Å²) in [6, 6.07) is 1.47. The van der Waals surface area contributed by atoms with Crippen LogP contribution >= 0.6 is 11.6 Å². The first kappa shape index (κ1) is 13.2. The molecule has 0 saturated carbocycles. The van der Waals surface area contributed by atoms with Crippen molar-refractivity contribution in [2.24, 2.45) is 5.92 Å². The summed E-state index contributed by atoms with van der Waals surface area (Å²) in [5, 5.41) is 9.46. The van der Waals surface area contributed by atoms with E-state index in [9.17, 15) is 9.50 Å². The van der Waals surface area contributed by atoms with E-state index in [1.807, 2.05) is 4.90 Å². The molecule has 100 valence electrons. The summed E-state index contributed by atoms with van der Waals surface area (Å²) < 4.78 is 14.1. The van der Waals surface area contributed by atoms with Crippen LogP contribution in [0.5, 0.6) is 0 Å². The molecule has 2 rings (SSSR count). The van der Waals surface area contributed by atoms with Gasteiger partial charge in [0.05, 0.1) is 23.2 Å². The van der Waals surface area contributed by atoms with E-state index in [-0.39, 0.29) is 28.0 Å². The predicted octanol–water partition coefficient (Wildman–Crippen LogP) is 1.85. The van der Waals surface area contributed by atoms with Gasteiger partial charge in [-0.05, 0) is 19.4 Å². The zero-order valence-electron chi connectivity index (χ0n) is 10.2. The molecular weight excluding hydrogens is 257 g/mol. The van der Waals surface area contributed by atoms with Gasteiger partial charge in [0.2, 0.25) is 0 Å². The van der Waals surface area contributed by atoms with Crippen LogP contribution in [0.2, 0.25) is 5.02 Å². The second kappa shape index (κ2) is 4.82. The number of rotatable bonds is 2. The van der Waals surface area contributed by atoms with E-state index < -0.39 is 11.9 Å². The largest absolute Gasteiger partial charge is 0.397 e. The molecule has 6 heteroatoms. The Labute approximate surface area is 110 Å². The van der Waals surface area contributed by atoms with Gasteiger partial charge < -0.3 is 21.5 Å². The molecule has 1 heterocycles. The fraction of sp³-hybridized carbons (Fsp3) is 0.500. The maximum absolute atomic E-state index is 14.1. The molecule has 0 aromatic heterocycles. The van der Waals surface area contributed by atoms with Gasteiger partial charge in [0, 0.05) is 19.0 Å². The number of hydrogen-bond acceptors (Lipinski definition) is 4. The minimum atomic E-state index is -0.583. The fourth-order valence-electron chi connectivity index (χ4n) is 2.36. The summed E-state index contributed by atoms with van der Waals surface area (Å²) >= 11 is 5.80. The Balaban J connectivity index is 2.33. The highest BCUT2D eigenvalue weighted by Gasteiger charge is 2.29. The van der Waals surface area contributed by atoms with E-state index in [4.69, 9.17) is 23.1 Å². The molecule has 1 aliphatic rings. The van der Waals surface area contributed by atoms with Gasteiger partial charge in [0.15, 0.2) is 5.82 Å². The molecule has 0 spiro atoms. The van der Waals surface area contributed by atoms with E-state index in [0.29, 0.717) is 13.1 Å². The van der Waals surface area contributed by atoms with Crippen molar-refractivity contribution in [3.63, 3.8) is 0 Å². The van der Waals surface area contributed by atoms with Crippen molar-refractivity contribution in [2.75, 3.05) is 29.5 Å². The van der Waals surface area contributed by atoms with Crippen LogP contribution in [-0.4, -0.2) is 24.3 Å². The maximum atomic E-state index is 14.1. The Kier molecular flexibility index (Phi) is 3.54. The topological polar surface area (TPSA) is 75.5 Å². The second-order valence-electron chi connectivity index (χ2n) is 4.77. The van der Waals surface area contributed by atoms with Gasteiger partial charge in [-0.1, -0.05) is 11.6 Å². The summed E-state index contributed by atoms with van der Waals surface area (Å²) in [7, 11) is 0. The van der Waals surface area contributed by atoms with Crippen LogP contribution in [0.1, 0.15) is 13.3 Å². The summed E-state index contributed by atoms with van der Waals surface area (Å²) in [6.45, 7) is 2.96. The molecule has 1 aromatic carbocycles. The lowest BCUT2D eigenvalue weighted by Gasteiger charge is -2.23. The molecule has 2 atom stereocenters. The van der Waals surface area contributed by atoms with Crippen LogP contribution in [0.25, 0.3) is 0 Å². The molecule has 0 bridgehead atoms. The van der Waals surface area contributed by atoms with Gasteiger partial charge in [-0.15, -0.1) is 0 Å². The third kappa shape index (κ3) is 2.20. The molecule has 1 aromatic rings. The standard InChI is InChI=1S/C12H17ClFN3O/c1-6(18)7-2-3-17(5-7)12-9(16)4-8(15)10(13)11(12)14/h4,6-7,18H,2-3,5,15-16H2,1H3. The summed E-state index contributed by atoms with van der Waals surface area (Å²) in [5.74, 6) is -0.458. The van der Waals surface area contributed by atoms with E-state index in [2.05, 4.69) is 0 Å². The first-order chi connectivity index (χ1) is 8.41. The highest BCUT2D eigenvalue weighted by Crippen LogP contribution is 2.38. The van der Waals surface area contributed by atoms with Crippen LogP contribution in [0.3, 0.4) is 0 Å². The van der Waals surface area contributed by atoms with Crippen LogP contribution in [0, 0.1) is 11.7 Å². The molecule has 4 nitrogen and oxygen atoms in total. The molecule has 0 aliphatic carbocycles. The zero-order chi connectivity index (χ0) is 13.4. The monoisotopic (exact) mass is 273 g/mol. The number of anilines is 3. The number of aliphatic hydroxyl groups is 1. The van der Waals surface area contributed by atoms with Crippen molar-refractivity contribution in [1.82, 2.24) is 0 Å². The summed E-state index contributed by atoms with van der Waals surface area (Å²) in [6.07, 6.45) is 0.391. The molecule has 18 heavy (non-hydrogen) atoms. The van der Waals surface area contributed by atoms with Crippen molar-refractivity contribution in [3.8, 4) is 0 Å². The second-order valence-corrected chi connectivity index (χ2v) is 5.14. The van der Waals surface area contributed by atoms with Crippen molar-refractivity contribution < 1.29 is 9.50 Å². The minimum absolute atomic E-state index is 0.0975. The quantitative estimate of drug-likeness (QED) is 0.719. The number of halogens is 2. The molecule has 1 fully saturated rings. The number of nitrogen functional groups attached to an aromatic ring is 2. The van der Waals surface area contributed by atoms with Crippen LogP contribution in [0.15, 0.2) is 6.07 Å². The average molecular weight is 274 g/mol. The Morgan fingerprint density at radius 3 is 2.72 bits per heavy atom. The summed E-state index contributed by atoms with van der Waals surface area (Å²) in [4.78, 5) is 1.81. The molecule has 2 unspecified atom stereocenters. The number of nitrogens with two attached hydrogens (primary N) is 2. The molecule has 0 radical (unpaired) electrons. The molecular formula is C12H17ClFN3O. The Morgan fingerprint density at radius 1 is 1.50 bits per heavy atom. The maximum Gasteiger partial charge on any atom is 0.169 e. The van der Waals surface area contributed by atoms with Crippen molar-refractivity contribution in [2.45, 2.75) is 19.4 Å². The highest BCUT2D eigenvalue weighted by molar-refractivity contribution is 6.33. The third-order valence-electron chi connectivity index (χ3n) is 3.46. The van der Waals surface area contributed by atoms with E-state index in [1.165, 1.54) is 6.07 Å². The van der Waals surface area contributed by atoms with E-state index in [0.717, 1.165) is 6.42 Å². The Morgan fingerprint density at radius 2 is 2.17 bits per heavy atom. The van der Waals surface area contributed by atoms with Crippen molar-refractivity contribution in [1.29, 1.82) is 0 Å². The van der Waals surface area contributed by atoms with Gasteiger partial charge in [-0.25, -0.2) is 4.39 Å². The van der Waals surface area contributed by atoms with Gasteiger partial charge in [-0.2, -0.15) is 0 Å².